The maximum atomic E-state index is 12.8. The number of hydrogen-bond donors (Lipinski definition) is 0. The molecule has 166 valence electrons. The van der Waals surface area contributed by atoms with Crippen LogP contribution in [-0.4, -0.2) is 39.0 Å². The zero-order valence-electron chi connectivity index (χ0n) is 17.4. The lowest BCUT2D eigenvalue weighted by Gasteiger charge is -2.55. The molecule has 0 spiro atoms. The van der Waals surface area contributed by atoms with Gasteiger partial charge in [-0.05, 0) is 101 Å². The number of fused-ring (bicyclic) bond motifs is 5. The normalized spacial score (nSPS) is 42.7. The molecule has 7 atom stereocenters. The molecule has 0 amide bonds. The van der Waals surface area contributed by atoms with Gasteiger partial charge < -0.3 is 9.08 Å². The number of rotatable bonds is 3. The van der Waals surface area contributed by atoms with Crippen molar-refractivity contribution in [1.82, 2.24) is 4.90 Å². The van der Waals surface area contributed by atoms with E-state index in [1.807, 2.05) is 6.92 Å². The van der Waals surface area contributed by atoms with Crippen LogP contribution >= 0.6 is 0 Å². The van der Waals surface area contributed by atoms with Gasteiger partial charge in [-0.3, -0.25) is 0 Å². The van der Waals surface area contributed by atoms with Gasteiger partial charge in [0.05, 0.1) is 0 Å². The minimum atomic E-state index is -5.61. The van der Waals surface area contributed by atoms with E-state index in [1.165, 1.54) is 25.7 Å². The number of alkyl halides is 3. The van der Waals surface area contributed by atoms with Gasteiger partial charge in [0.25, 0.3) is 0 Å². The van der Waals surface area contributed by atoms with E-state index < -0.39 is 21.0 Å². The van der Waals surface area contributed by atoms with E-state index in [0.717, 1.165) is 18.8 Å². The Labute approximate surface area is 172 Å². The predicted octanol–water partition coefficient (Wildman–Crippen LogP) is 4.93. The van der Waals surface area contributed by atoms with Crippen molar-refractivity contribution in [3.8, 4) is 0 Å². The molecule has 29 heavy (non-hydrogen) atoms. The van der Waals surface area contributed by atoms with Crippen LogP contribution in [0.3, 0.4) is 0 Å². The molecule has 0 aromatic carbocycles. The number of allylic oxidation sites excluding steroid dienone is 2. The van der Waals surface area contributed by atoms with Crippen molar-refractivity contribution >= 4 is 10.1 Å². The molecular weight excluding hydrogens is 403 g/mol. The SMILES string of the molecule is CN(C)[C@@H]1CC[C@H]2[C@@H](CC[C@@H]3[C@@H]2CC[C@]2(C)C(OS(=O)(=O)C(F)(F)F)=CC[C@@H]32)C1. The van der Waals surface area contributed by atoms with Crippen molar-refractivity contribution in [1.29, 1.82) is 0 Å². The highest BCUT2D eigenvalue weighted by molar-refractivity contribution is 7.87. The molecule has 0 aliphatic heterocycles. The average molecular weight is 436 g/mol. The number of nitrogens with zero attached hydrogens (tertiary/aromatic N) is 1. The van der Waals surface area contributed by atoms with E-state index >= 15 is 0 Å². The molecular formula is C21H32F3NO3S. The maximum Gasteiger partial charge on any atom is 0.534 e. The second-order valence-electron chi connectivity index (χ2n) is 10.1. The van der Waals surface area contributed by atoms with Gasteiger partial charge in [0.1, 0.15) is 5.76 Å². The fraction of sp³-hybridized carbons (Fsp3) is 0.905. The molecule has 0 saturated heterocycles. The van der Waals surface area contributed by atoms with Gasteiger partial charge >= 0.3 is 15.6 Å². The van der Waals surface area contributed by atoms with Crippen LogP contribution in [0.25, 0.3) is 0 Å². The van der Waals surface area contributed by atoms with Gasteiger partial charge in [-0.15, -0.1) is 0 Å². The Hall–Kier alpha value is -0.760. The minimum absolute atomic E-state index is 0.0247. The summed E-state index contributed by atoms with van der Waals surface area (Å²) in [5.41, 5.74) is -5.99. The van der Waals surface area contributed by atoms with Crippen LogP contribution in [0.15, 0.2) is 11.8 Å². The molecule has 8 heteroatoms. The van der Waals surface area contributed by atoms with Crippen LogP contribution in [0.5, 0.6) is 0 Å². The maximum absolute atomic E-state index is 12.8. The second kappa shape index (κ2) is 7.14. The third-order valence-electron chi connectivity index (χ3n) is 8.65. The lowest BCUT2D eigenvalue weighted by Crippen LogP contribution is -2.50. The first-order chi connectivity index (χ1) is 13.4. The number of hydrogen-bond acceptors (Lipinski definition) is 4. The Kier molecular flexibility index (Phi) is 5.29. The van der Waals surface area contributed by atoms with Crippen molar-refractivity contribution in [2.45, 2.75) is 69.8 Å². The Morgan fingerprint density at radius 1 is 1.07 bits per heavy atom. The zero-order chi connectivity index (χ0) is 21.2. The first-order valence-electron chi connectivity index (χ1n) is 10.8. The molecule has 0 heterocycles. The smallest absolute Gasteiger partial charge is 0.380 e. The molecule has 0 unspecified atom stereocenters. The largest absolute Gasteiger partial charge is 0.534 e. The fourth-order valence-corrected chi connectivity index (χ4v) is 7.71. The predicted molar refractivity (Wildman–Crippen MR) is 104 cm³/mol. The summed E-state index contributed by atoms with van der Waals surface area (Å²) in [5.74, 6) is 2.73. The zero-order valence-corrected chi connectivity index (χ0v) is 18.2. The molecule has 4 aliphatic rings. The molecule has 4 nitrogen and oxygen atoms in total. The Morgan fingerprint density at radius 2 is 1.76 bits per heavy atom. The topological polar surface area (TPSA) is 46.6 Å². The summed E-state index contributed by atoms with van der Waals surface area (Å²) in [4.78, 5) is 2.34. The second-order valence-corrected chi connectivity index (χ2v) is 11.6. The van der Waals surface area contributed by atoms with E-state index in [-0.39, 0.29) is 11.7 Å². The molecule has 0 aromatic rings. The highest BCUT2D eigenvalue weighted by Gasteiger charge is 2.58. The summed E-state index contributed by atoms with van der Waals surface area (Å²) in [6, 6.07) is 0.655. The summed E-state index contributed by atoms with van der Waals surface area (Å²) >= 11 is 0. The lowest BCUT2D eigenvalue weighted by atomic mass is 9.50. The quantitative estimate of drug-likeness (QED) is 0.466. The van der Waals surface area contributed by atoms with Crippen molar-refractivity contribution < 1.29 is 25.8 Å². The minimum Gasteiger partial charge on any atom is -0.380 e. The van der Waals surface area contributed by atoms with Crippen molar-refractivity contribution in [3.63, 3.8) is 0 Å². The molecule has 0 N–H and O–H groups in total. The van der Waals surface area contributed by atoms with Gasteiger partial charge in [0.2, 0.25) is 0 Å². The van der Waals surface area contributed by atoms with E-state index in [0.29, 0.717) is 36.6 Å². The summed E-state index contributed by atoms with van der Waals surface area (Å²) < 4.78 is 66.3. The van der Waals surface area contributed by atoms with Crippen LogP contribution in [-0.2, 0) is 14.3 Å². The molecule has 3 fully saturated rings. The molecule has 0 bridgehead atoms. The molecule has 0 aromatic heterocycles. The molecule has 4 rings (SSSR count). The molecule has 3 saturated carbocycles. The summed E-state index contributed by atoms with van der Waals surface area (Å²) in [6.07, 6.45) is 9.88. The monoisotopic (exact) mass is 435 g/mol. The molecule has 4 aliphatic carbocycles. The Morgan fingerprint density at radius 3 is 2.41 bits per heavy atom. The van der Waals surface area contributed by atoms with Gasteiger partial charge in [0.15, 0.2) is 0 Å². The Bertz CT molecular complexity index is 779. The summed E-state index contributed by atoms with van der Waals surface area (Å²) in [6.45, 7) is 1.91. The van der Waals surface area contributed by atoms with E-state index in [2.05, 4.69) is 23.2 Å². The van der Waals surface area contributed by atoms with Crippen molar-refractivity contribution in [2.75, 3.05) is 14.1 Å². The standard InChI is InChI=1S/C21H32F3NO3S/c1-20-11-10-16-15-7-5-14(25(2)3)12-13(15)4-6-17(16)18(20)8-9-19(20)28-29(26,27)21(22,23)24/h9,13-18H,4-8,10-12H2,1-3H3/t13-,14+,15-,16+,17+,18-,20-/m0/s1. The fourth-order valence-electron chi connectivity index (χ4n) is 7.12. The highest BCUT2D eigenvalue weighted by atomic mass is 32.2. The molecule has 0 radical (unpaired) electrons. The first-order valence-corrected chi connectivity index (χ1v) is 12.2. The van der Waals surface area contributed by atoms with E-state index in [9.17, 15) is 21.6 Å². The highest BCUT2D eigenvalue weighted by Crippen LogP contribution is 2.63. The van der Waals surface area contributed by atoms with Crippen molar-refractivity contribution in [3.05, 3.63) is 11.8 Å². The lowest BCUT2D eigenvalue weighted by molar-refractivity contribution is -0.0664. The van der Waals surface area contributed by atoms with E-state index in [4.69, 9.17) is 0 Å². The van der Waals surface area contributed by atoms with Gasteiger partial charge in [-0.1, -0.05) is 6.92 Å². The van der Waals surface area contributed by atoms with Gasteiger partial charge in [-0.25, -0.2) is 0 Å². The van der Waals surface area contributed by atoms with Crippen LogP contribution in [0, 0.1) is 35.0 Å². The third-order valence-corrected chi connectivity index (χ3v) is 9.62. The van der Waals surface area contributed by atoms with Crippen LogP contribution in [0.4, 0.5) is 13.2 Å². The first kappa shape index (κ1) is 21.5. The van der Waals surface area contributed by atoms with Crippen LogP contribution < -0.4 is 0 Å². The third kappa shape index (κ3) is 3.52. The van der Waals surface area contributed by atoms with Gasteiger partial charge in [-0.2, -0.15) is 21.6 Å². The summed E-state index contributed by atoms with van der Waals surface area (Å²) in [7, 11) is -1.29. The summed E-state index contributed by atoms with van der Waals surface area (Å²) in [5, 5.41) is 0. The van der Waals surface area contributed by atoms with Gasteiger partial charge in [0, 0.05) is 11.5 Å². The van der Waals surface area contributed by atoms with Crippen molar-refractivity contribution in [2.24, 2.45) is 35.0 Å². The van der Waals surface area contributed by atoms with Crippen LogP contribution in [0.2, 0.25) is 0 Å². The Balaban J connectivity index is 1.49. The van der Waals surface area contributed by atoms with E-state index in [1.54, 1.807) is 6.08 Å². The van der Waals surface area contributed by atoms with Crippen LogP contribution in [0.1, 0.15) is 58.3 Å². The average Bonchev–Trinajstić information content (AvgIpc) is 2.96. The number of halogens is 3.